The first-order valence-electron chi connectivity index (χ1n) is 6.55. The first-order chi connectivity index (χ1) is 9.19. The number of thiophene rings is 1. The van der Waals surface area contributed by atoms with Crippen LogP contribution in [0.1, 0.15) is 24.1 Å². The van der Waals surface area contributed by atoms with Crippen molar-refractivity contribution in [3.05, 3.63) is 21.3 Å². The van der Waals surface area contributed by atoms with Gasteiger partial charge in [-0.05, 0) is 31.5 Å². The van der Waals surface area contributed by atoms with Gasteiger partial charge >= 0.3 is 0 Å². The molecule has 0 bridgehead atoms. The second-order valence-electron chi connectivity index (χ2n) is 4.79. The Morgan fingerprint density at radius 2 is 2.37 bits per heavy atom. The summed E-state index contributed by atoms with van der Waals surface area (Å²) in [7, 11) is 0. The highest BCUT2D eigenvalue weighted by molar-refractivity contribution is 7.16. The van der Waals surface area contributed by atoms with Crippen molar-refractivity contribution in [2.24, 2.45) is 0 Å². The number of piperidine rings is 1. The van der Waals surface area contributed by atoms with E-state index in [1.165, 1.54) is 11.3 Å². The molecule has 0 spiro atoms. The summed E-state index contributed by atoms with van der Waals surface area (Å²) in [6, 6.07) is 3.89. The highest BCUT2D eigenvalue weighted by Gasteiger charge is 2.23. The van der Waals surface area contributed by atoms with Crippen LogP contribution in [0.15, 0.2) is 12.1 Å². The van der Waals surface area contributed by atoms with Crippen LogP contribution in [0.3, 0.4) is 0 Å². The van der Waals surface area contributed by atoms with E-state index >= 15 is 0 Å². The van der Waals surface area contributed by atoms with Crippen molar-refractivity contribution in [3.63, 3.8) is 0 Å². The molecule has 1 aliphatic rings. The fourth-order valence-electron chi connectivity index (χ4n) is 2.35. The van der Waals surface area contributed by atoms with Crippen molar-refractivity contribution in [1.82, 2.24) is 10.2 Å². The average Bonchev–Trinajstić information content (AvgIpc) is 2.83. The molecule has 1 amide bonds. The molecule has 1 saturated heterocycles. The van der Waals surface area contributed by atoms with Gasteiger partial charge in [0.2, 0.25) is 5.91 Å². The summed E-state index contributed by atoms with van der Waals surface area (Å²) < 4.78 is 0.737. The topological polar surface area (TPSA) is 52.6 Å². The first kappa shape index (κ1) is 14.8. The predicted molar refractivity (Wildman–Crippen MR) is 77.5 cm³/mol. The zero-order valence-electron chi connectivity index (χ0n) is 10.8. The number of nitrogens with one attached hydrogen (secondary N) is 1. The minimum Gasteiger partial charge on any atom is -0.395 e. The minimum absolute atomic E-state index is 0.00451. The zero-order chi connectivity index (χ0) is 13.7. The Hall–Kier alpha value is -0.620. The largest absolute Gasteiger partial charge is 0.395 e. The van der Waals surface area contributed by atoms with Gasteiger partial charge in [-0.2, -0.15) is 0 Å². The van der Waals surface area contributed by atoms with E-state index in [0.717, 1.165) is 35.0 Å². The number of likely N-dealkylation sites (tertiary alicyclic amines) is 1. The van der Waals surface area contributed by atoms with E-state index in [4.69, 9.17) is 11.6 Å². The van der Waals surface area contributed by atoms with Crippen molar-refractivity contribution >= 4 is 28.8 Å². The van der Waals surface area contributed by atoms with E-state index in [2.05, 4.69) is 10.2 Å². The van der Waals surface area contributed by atoms with Gasteiger partial charge in [0.05, 0.1) is 24.0 Å². The molecule has 0 saturated carbocycles. The standard InChI is InChI=1S/C13H19ClN2O2S/c14-12-5-4-11(19-12)7-15-13(18)8-16-6-2-1-3-10(16)9-17/h4-5,10,17H,1-3,6-9H2,(H,15,18). The van der Waals surface area contributed by atoms with E-state index in [9.17, 15) is 9.90 Å². The fourth-order valence-corrected chi connectivity index (χ4v) is 3.37. The Morgan fingerprint density at radius 3 is 3.05 bits per heavy atom. The van der Waals surface area contributed by atoms with Crippen LogP contribution in [-0.2, 0) is 11.3 Å². The maximum absolute atomic E-state index is 11.9. The van der Waals surface area contributed by atoms with Crippen LogP contribution >= 0.6 is 22.9 Å². The number of amides is 1. The van der Waals surface area contributed by atoms with Crippen molar-refractivity contribution in [1.29, 1.82) is 0 Å². The molecule has 1 fully saturated rings. The number of nitrogens with zero attached hydrogens (tertiary/aromatic N) is 1. The number of aliphatic hydroxyl groups excluding tert-OH is 1. The molecule has 0 radical (unpaired) electrons. The number of carbonyl (C=O) groups is 1. The average molecular weight is 303 g/mol. The van der Waals surface area contributed by atoms with Gasteiger partial charge in [0, 0.05) is 10.9 Å². The van der Waals surface area contributed by atoms with Gasteiger partial charge in [0.1, 0.15) is 0 Å². The molecule has 1 aromatic heterocycles. The Labute approximate surface area is 122 Å². The molecule has 1 atom stereocenters. The molecule has 6 heteroatoms. The Morgan fingerprint density at radius 1 is 1.53 bits per heavy atom. The molecule has 19 heavy (non-hydrogen) atoms. The number of halogens is 1. The smallest absolute Gasteiger partial charge is 0.234 e. The lowest BCUT2D eigenvalue weighted by Gasteiger charge is -2.33. The third-order valence-corrected chi connectivity index (χ3v) is 4.63. The van der Waals surface area contributed by atoms with Gasteiger partial charge in [-0.25, -0.2) is 0 Å². The zero-order valence-corrected chi connectivity index (χ0v) is 12.3. The van der Waals surface area contributed by atoms with Gasteiger partial charge in [-0.1, -0.05) is 18.0 Å². The third kappa shape index (κ3) is 4.45. The van der Waals surface area contributed by atoms with E-state index in [1.54, 1.807) is 0 Å². The molecule has 4 nitrogen and oxygen atoms in total. The third-order valence-electron chi connectivity index (χ3n) is 3.40. The summed E-state index contributed by atoms with van der Waals surface area (Å²) in [6.07, 6.45) is 3.21. The van der Waals surface area contributed by atoms with E-state index in [1.807, 2.05) is 12.1 Å². The molecule has 2 N–H and O–H groups in total. The van der Waals surface area contributed by atoms with E-state index in [0.29, 0.717) is 13.1 Å². The lowest BCUT2D eigenvalue weighted by atomic mass is 10.0. The summed E-state index contributed by atoms with van der Waals surface area (Å²) in [5.74, 6) is 0.00451. The minimum atomic E-state index is 0.00451. The Bertz CT molecular complexity index is 425. The SMILES string of the molecule is O=C(CN1CCCCC1CO)NCc1ccc(Cl)s1. The lowest BCUT2D eigenvalue weighted by molar-refractivity contribution is -0.123. The maximum atomic E-state index is 11.9. The summed E-state index contributed by atoms with van der Waals surface area (Å²) in [5.41, 5.74) is 0. The first-order valence-corrected chi connectivity index (χ1v) is 7.74. The Kier molecular flexibility index (Phi) is 5.63. The van der Waals surface area contributed by atoms with Crippen molar-refractivity contribution < 1.29 is 9.90 Å². The number of rotatable bonds is 5. The van der Waals surface area contributed by atoms with E-state index < -0.39 is 0 Å². The van der Waals surface area contributed by atoms with Gasteiger partial charge in [0.15, 0.2) is 0 Å². The molecule has 1 aliphatic heterocycles. The Balaban J connectivity index is 1.77. The highest BCUT2D eigenvalue weighted by atomic mass is 35.5. The normalized spacial score (nSPS) is 20.4. The molecule has 2 heterocycles. The van der Waals surface area contributed by atoms with Crippen LogP contribution in [0.2, 0.25) is 4.34 Å². The second kappa shape index (κ2) is 7.24. The van der Waals surface area contributed by atoms with Crippen LogP contribution in [0.25, 0.3) is 0 Å². The predicted octanol–water partition coefficient (Wildman–Crippen LogP) is 1.86. The van der Waals surface area contributed by atoms with Gasteiger partial charge in [-0.3, -0.25) is 9.69 Å². The number of aliphatic hydroxyl groups is 1. The van der Waals surface area contributed by atoms with Crippen LogP contribution in [0.4, 0.5) is 0 Å². The fraction of sp³-hybridized carbons (Fsp3) is 0.615. The van der Waals surface area contributed by atoms with Gasteiger partial charge < -0.3 is 10.4 Å². The van der Waals surface area contributed by atoms with Crippen molar-refractivity contribution in [2.75, 3.05) is 19.7 Å². The summed E-state index contributed by atoms with van der Waals surface area (Å²) in [4.78, 5) is 15.0. The summed E-state index contributed by atoms with van der Waals surface area (Å²) >= 11 is 7.32. The molecule has 1 aromatic rings. The summed E-state index contributed by atoms with van der Waals surface area (Å²) in [5, 5.41) is 12.2. The molecule has 106 valence electrons. The molecule has 0 aliphatic carbocycles. The molecule has 2 rings (SSSR count). The number of hydrogen-bond donors (Lipinski definition) is 2. The number of hydrogen-bond acceptors (Lipinski definition) is 4. The molecule has 1 unspecified atom stereocenters. The quantitative estimate of drug-likeness (QED) is 0.873. The van der Waals surface area contributed by atoms with Crippen molar-refractivity contribution in [3.8, 4) is 0 Å². The van der Waals surface area contributed by atoms with Crippen LogP contribution in [0, 0.1) is 0 Å². The number of carbonyl (C=O) groups excluding carboxylic acids is 1. The summed E-state index contributed by atoms with van der Waals surface area (Å²) in [6.45, 7) is 1.91. The van der Waals surface area contributed by atoms with E-state index in [-0.39, 0.29) is 18.6 Å². The monoisotopic (exact) mass is 302 g/mol. The highest BCUT2D eigenvalue weighted by Crippen LogP contribution is 2.21. The van der Waals surface area contributed by atoms with Gasteiger partial charge in [0.25, 0.3) is 0 Å². The van der Waals surface area contributed by atoms with Gasteiger partial charge in [-0.15, -0.1) is 11.3 Å². The van der Waals surface area contributed by atoms with Crippen LogP contribution in [-0.4, -0.2) is 41.7 Å². The van der Waals surface area contributed by atoms with Crippen molar-refractivity contribution in [2.45, 2.75) is 31.8 Å². The molecular formula is C13H19ClN2O2S. The molecule has 0 aromatic carbocycles. The molecular weight excluding hydrogens is 284 g/mol. The van der Waals surface area contributed by atoms with Crippen LogP contribution < -0.4 is 5.32 Å². The lowest BCUT2D eigenvalue weighted by Crippen LogP contribution is -2.46. The second-order valence-corrected chi connectivity index (χ2v) is 6.58. The van der Waals surface area contributed by atoms with Crippen LogP contribution in [0.5, 0.6) is 0 Å². The maximum Gasteiger partial charge on any atom is 0.234 e.